The van der Waals surface area contributed by atoms with Crippen molar-refractivity contribution >= 4 is 21.6 Å². The lowest BCUT2D eigenvalue weighted by Gasteiger charge is -2.06. The zero-order chi connectivity index (χ0) is 14.4. The standard InChI is InChI=1S/C14H13BrN2O3/c15-12-9-13(17(18)19)14(16-10-12)20-8-4-7-11-5-2-1-3-6-11/h1-3,5-6,9-10H,4,7-8H2. The Balaban J connectivity index is 1.90. The first-order valence-electron chi connectivity index (χ1n) is 6.13. The van der Waals surface area contributed by atoms with E-state index in [0.717, 1.165) is 12.8 Å². The van der Waals surface area contributed by atoms with Crippen LogP contribution in [0.4, 0.5) is 5.69 Å². The maximum atomic E-state index is 10.9. The third kappa shape index (κ3) is 4.03. The molecule has 5 nitrogen and oxygen atoms in total. The molecule has 104 valence electrons. The molecular weight excluding hydrogens is 324 g/mol. The molecule has 0 aliphatic heterocycles. The van der Waals surface area contributed by atoms with Crippen molar-refractivity contribution in [2.75, 3.05) is 6.61 Å². The van der Waals surface area contributed by atoms with Gasteiger partial charge in [-0.2, -0.15) is 0 Å². The van der Waals surface area contributed by atoms with Crippen LogP contribution in [0.25, 0.3) is 0 Å². The number of halogens is 1. The summed E-state index contributed by atoms with van der Waals surface area (Å²) in [5.41, 5.74) is 1.09. The van der Waals surface area contributed by atoms with E-state index in [-0.39, 0.29) is 11.6 Å². The van der Waals surface area contributed by atoms with Gasteiger partial charge < -0.3 is 4.74 Å². The number of hydrogen-bond acceptors (Lipinski definition) is 4. The zero-order valence-corrected chi connectivity index (χ0v) is 12.2. The first-order valence-corrected chi connectivity index (χ1v) is 6.93. The Morgan fingerprint density at radius 1 is 1.30 bits per heavy atom. The molecule has 0 fully saturated rings. The van der Waals surface area contributed by atoms with Crippen LogP contribution in [0.1, 0.15) is 12.0 Å². The molecule has 0 atom stereocenters. The summed E-state index contributed by atoms with van der Waals surface area (Å²) in [5.74, 6) is 0.0614. The van der Waals surface area contributed by atoms with Gasteiger partial charge in [-0.05, 0) is 34.3 Å². The molecule has 0 bridgehead atoms. The van der Waals surface area contributed by atoms with E-state index in [1.165, 1.54) is 17.8 Å². The summed E-state index contributed by atoms with van der Waals surface area (Å²) in [4.78, 5) is 14.3. The van der Waals surface area contributed by atoms with Gasteiger partial charge >= 0.3 is 5.69 Å². The highest BCUT2D eigenvalue weighted by Crippen LogP contribution is 2.27. The molecule has 0 saturated carbocycles. The molecule has 0 saturated heterocycles. The molecule has 0 radical (unpaired) electrons. The van der Waals surface area contributed by atoms with Crippen molar-refractivity contribution < 1.29 is 9.66 Å². The lowest BCUT2D eigenvalue weighted by atomic mass is 10.1. The molecule has 1 heterocycles. The molecule has 0 unspecified atom stereocenters. The van der Waals surface area contributed by atoms with Crippen LogP contribution in [0, 0.1) is 10.1 Å². The highest BCUT2D eigenvalue weighted by molar-refractivity contribution is 9.10. The van der Waals surface area contributed by atoms with E-state index in [2.05, 4.69) is 20.9 Å². The van der Waals surface area contributed by atoms with Gasteiger partial charge in [0.05, 0.1) is 11.5 Å². The van der Waals surface area contributed by atoms with Crippen molar-refractivity contribution in [2.24, 2.45) is 0 Å². The number of aromatic nitrogens is 1. The quantitative estimate of drug-likeness (QED) is 0.457. The summed E-state index contributed by atoms with van der Waals surface area (Å²) in [5, 5.41) is 10.9. The lowest BCUT2D eigenvalue weighted by Crippen LogP contribution is -2.03. The number of benzene rings is 1. The molecule has 0 spiro atoms. The Bertz CT molecular complexity index is 590. The van der Waals surface area contributed by atoms with Crippen molar-refractivity contribution in [1.82, 2.24) is 4.98 Å². The van der Waals surface area contributed by atoms with Gasteiger partial charge in [0.25, 0.3) is 5.88 Å². The minimum atomic E-state index is -0.496. The highest BCUT2D eigenvalue weighted by Gasteiger charge is 2.17. The smallest absolute Gasteiger partial charge is 0.332 e. The second-order valence-electron chi connectivity index (χ2n) is 4.17. The third-order valence-electron chi connectivity index (χ3n) is 2.69. The van der Waals surface area contributed by atoms with E-state index in [4.69, 9.17) is 4.74 Å². The Morgan fingerprint density at radius 3 is 2.75 bits per heavy atom. The molecule has 2 rings (SSSR count). The van der Waals surface area contributed by atoms with Gasteiger partial charge in [0.1, 0.15) is 0 Å². The van der Waals surface area contributed by atoms with Crippen LogP contribution in [0.2, 0.25) is 0 Å². The van der Waals surface area contributed by atoms with Crippen molar-refractivity contribution in [3.8, 4) is 5.88 Å². The zero-order valence-electron chi connectivity index (χ0n) is 10.7. The topological polar surface area (TPSA) is 65.3 Å². The molecule has 0 aliphatic rings. The van der Waals surface area contributed by atoms with Crippen LogP contribution in [0.3, 0.4) is 0 Å². The van der Waals surface area contributed by atoms with E-state index in [0.29, 0.717) is 11.1 Å². The van der Waals surface area contributed by atoms with Crippen LogP contribution >= 0.6 is 15.9 Å². The average Bonchev–Trinajstić information content (AvgIpc) is 2.45. The predicted molar refractivity (Wildman–Crippen MR) is 78.8 cm³/mol. The minimum absolute atomic E-state index is 0.0614. The van der Waals surface area contributed by atoms with Crippen LogP contribution < -0.4 is 4.74 Å². The minimum Gasteiger partial charge on any atom is -0.473 e. The number of ether oxygens (including phenoxy) is 1. The Labute approximate surface area is 124 Å². The lowest BCUT2D eigenvalue weighted by molar-refractivity contribution is -0.386. The van der Waals surface area contributed by atoms with Gasteiger partial charge in [0, 0.05) is 16.7 Å². The summed E-state index contributed by atoms with van der Waals surface area (Å²) in [7, 11) is 0. The van der Waals surface area contributed by atoms with Gasteiger partial charge in [-0.1, -0.05) is 30.3 Å². The highest BCUT2D eigenvalue weighted by atomic mass is 79.9. The molecule has 0 amide bonds. The molecular formula is C14H13BrN2O3. The number of hydrogen-bond donors (Lipinski definition) is 0. The second kappa shape index (κ2) is 7.00. The van der Waals surface area contributed by atoms with Crippen molar-refractivity contribution in [3.05, 3.63) is 62.7 Å². The Kier molecular flexibility index (Phi) is 5.06. The van der Waals surface area contributed by atoms with Crippen molar-refractivity contribution in [1.29, 1.82) is 0 Å². The fourth-order valence-electron chi connectivity index (χ4n) is 1.75. The van der Waals surface area contributed by atoms with Crippen LogP contribution in [-0.4, -0.2) is 16.5 Å². The van der Waals surface area contributed by atoms with Crippen LogP contribution in [0.5, 0.6) is 5.88 Å². The fourth-order valence-corrected chi connectivity index (χ4v) is 2.07. The van der Waals surface area contributed by atoms with Gasteiger partial charge in [-0.3, -0.25) is 10.1 Å². The summed E-state index contributed by atoms with van der Waals surface area (Å²) in [6, 6.07) is 11.4. The number of nitrogens with zero attached hydrogens (tertiary/aromatic N) is 2. The van der Waals surface area contributed by atoms with Gasteiger partial charge in [-0.25, -0.2) is 4.98 Å². The van der Waals surface area contributed by atoms with Crippen molar-refractivity contribution in [3.63, 3.8) is 0 Å². The Morgan fingerprint density at radius 2 is 2.05 bits per heavy atom. The number of aryl methyl sites for hydroxylation is 1. The number of rotatable bonds is 6. The van der Waals surface area contributed by atoms with Gasteiger partial charge in [0.15, 0.2) is 0 Å². The summed E-state index contributed by atoms with van der Waals surface area (Å²) in [6.07, 6.45) is 3.13. The molecule has 20 heavy (non-hydrogen) atoms. The average molecular weight is 337 g/mol. The Hall–Kier alpha value is -1.95. The normalized spacial score (nSPS) is 10.2. The summed E-state index contributed by atoms with van der Waals surface area (Å²) in [6.45, 7) is 0.393. The number of pyridine rings is 1. The second-order valence-corrected chi connectivity index (χ2v) is 5.09. The summed E-state index contributed by atoms with van der Waals surface area (Å²) < 4.78 is 5.96. The van der Waals surface area contributed by atoms with Crippen LogP contribution in [0.15, 0.2) is 47.1 Å². The van der Waals surface area contributed by atoms with Gasteiger partial charge in [0.2, 0.25) is 0 Å². The summed E-state index contributed by atoms with van der Waals surface area (Å²) >= 11 is 3.15. The largest absolute Gasteiger partial charge is 0.473 e. The van der Waals surface area contributed by atoms with E-state index < -0.39 is 4.92 Å². The predicted octanol–water partition coefficient (Wildman–Crippen LogP) is 3.76. The molecule has 0 N–H and O–H groups in total. The van der Waals surface area contributed by atoms with E-state index in [9.17, 15) is 10.1 Å². The van der Waals surface area contributed by atoms with E-state index >= 15 is 0 Å². The first-order chi connectivity index (χ1) is 9.66. The number of nitro groups is 1. The molecule has 0 aliphatic carbocycles. The first kappa shape index (κ1) is 14.5. The monoisotopic (exact) mass is 336 g/mol. The van der Waals surface area contributed by atoms with Crippen LogP contribution in [-0.2, 0) is 6.42 Å². The van der Waals surface area contributed by atoms with Crippen molar-refractivity contribution in [2.45, 2.75) is 12.8 Å². The van der Waals surface area contributed by atoms with E-state index in [1.807, 2.05) is 30.3 Å². The molecule has 2 aromatic rings. The SMILES string of the molecule is O=[N+]([O-])c1cc(Br)cnc1OCCCc1ccccc1. The maximum Gasteiger partial charge on any atom is 0.332 e. The molecule has 6 heteroatoms. The fraction of sp³-hybridized carbons (Fsp3) is 0.214. The third-order valence-corrected chi connectivity index (χ3v) is 3.12. The van der Waals surface area contributed by atoms with E-state index in [1.54, 1.807) is 0 Å². The molecule has 1 aromatic carbocycles. The maximum absolute atomic E-state index is 10.9. The molecule has 1 aromatic heterocycles. The van der Waals surface area contributed by atoms with Gasteiger partial charge in [-0.15, -0.1) is 0 Å².